The number of hydrogen-bond acceptors (Lipinski definition) is 0. The molecule has 1 aromatic heterocycles. The maximum atomic E-state index is 2.42. The maximum Gasteiger partial charge on any atom is 0.0495 e. The molecule has 0 saturated heterocycles. The van der Waals surface area contributed by atoms with E-state index in [2.05, 4.69) is 72.3 Å². The van der Waals surface area contributed by atoms with Crippen LogP contribution in [0.1, 0.15) is 17.5 Å². The van der Waals surface area contributed by atoms with Crippen LogP contribution < -0.4 is 0 Å². The van der Waals surface area contributed by atoms with Gasteiger partial charge in [-0.2, -0.15) is 0 Å². The van der Waals surface area contributed by atoms with Gasteiger partial charge in [0.2, 0.25) is 0 Å². The highest BCUT2D eigenvalue weighted by molar-refractivity contribution is 6.20. The van der Waals surface area contributed by atoms with E-state index in [1.807, 2.05) is 0 Å². The van der Waals surface area contributed by atoms with Crippen LogP contribution in [0.2, 0.25) is 0 Å². The van der Waals surface area contributed by atoms with Gasteiger partial charge in [0.1, 0.15) is 0 Å². The summed E-state index contributed by atoms with van der Waals surface area (Å²) in [5.74, 6) is 0. The Morgan fingerprint density at radius 1 is 0.909 bits per heavy atom. The second-order valence-corrected chi connectivity index (χ2v) is 6.25. The fourth-order valence-corrected chi connectivity index (χ4v) is 3.90. The topological polar surface area (TPSA) is 4.93 Å². The minimum atomic E-state index is 1.16. The van der Waals surface area contributed by atoms with Crippen LogP contribution in [-0.2, 0) is 13.5 Å². The molecule has 22 heavy (non-hydrogen) atoms. The quantitative estimate of drug-likeness (QED) is 0.405. The molecular formula is C21H17N. The minimum Gasteiger partial charge on any atom is -0.344 e. The number of aryl methyl sites for hydroxylation is 2. The number of nitrogens with zero attached hydrogens (tertiary/aromatic N) is 1. The van der Waals surface area contributed by atoms with Crippen LogP contribution in [-0.4, -0.2) is 4.57 Å². The average molecular weight is 283 g/mol. The van der Waals surface area contributed by atoms with Crippen molar-refractivity contribution in [3.63, 3.8) is 0 Å². The van der Waals surface area contributed by atoms with E-state index >= 15 is 0 Å². The lowest BCUT2D eigenvalue weighted by atomic mass is 9.94. The third-order valence-electron chi connectivity index (χ3n) is 5.03. The summed E-state index contributed by atoms with van der Waals surface area (Å²) in [7, 11) is 2.18. The van der Waals surface area contributed by atoms with Gasteiger partial charge < -0.3 is 4.57 Å². The predicted molar refractivity (Wildman–Crippen MR) is 95.3 cm³/mol. The molecule has 0 bridgehead atoms. The normalized spacial score (nSPS) is 14.0. The Bertz CT molecular complexity index is 1080. The van der Waals surface area contributed by atoms with Gasteiger partial charge in [-0.25, -0.2) is 0 Å². The van der Waals surface area contributed by atoms with E-state index in [9.17, 15) is 0 Å². The second kappa shape index (κ2) is 4.23. The molecule has 0 spiro atoms. The van der Waals surface area contributed by atoms with Crippen molar-refractivity contribution in [2.75, 3.05) is 0 Å². The Morgan fingerprint density at radius 2 is 1.82 bits per heavy atom. The van der Waals surface area contributed by atoms with Crippen molar-refractivity contribution >= 4 is 38.7 Å². The highest BCUT2D eigenvalue weighted by Crippen LogP contribution is 2.36. The molecule has 4 aromatic rings. The highest BCUT2D eigenvalue weighted by Gasteiger charge is 2.14. The average Bonchev–Trinajstić information content (AvgIpc) is 2.85. The molecule has 1 heteroatoms. The number of allylic oxidation sites excluding steroid dienone is 1. The Labute approximate surface area is 129 Å². The van der Waals surface area contributed by atoms with E-state index in [4.69, 9.17) is 0 Å². The number of benzene rings is 3. The van der Waals surface area contributed by atoms with Crippen LogP contribution in [0.15, 0.2) is 54.6 Å². The fraction of sp³-hybridized carbons (Fsp3) is 0.143. The van der Waals surface area contributed by atoms with Crippen molar-refractivity contribution in [2.24, 2.45) is 7.05 Å². The lowest BCUT2D eigenvalue weighted by Gasteiger charge is -2.11. The molecule has 3 aromatic carbocycles. The summed E-state index contributed by atoms with van der Waals surface area (Å²) >= 11 is 0. The predicted octanol–water partition coefficient (Wildman–Crippen LogP) is 5.44. The van der Waals surface area contributed by atoms with Gasteiger partial charge >= 0.3 is 0 Å². The SMILES string of the molecule is Cn1c2cc3c(cc2c2c4ccccc4ccc21)CCC=C3. The van der Waals surface area contributed by atoms with Gasteiger partial charge in [0, 0.05) is 28.9 Å². The van der Waals surface area contributed by atoms with E-state index in [1.54, 1.807) is 0 Å². The molecule has 0 atom stereocenters. The van der Waals surface area contributed by atoms with Crippen molar-refractivity contribution in [3.8, 4) is 0 Å². The van der Waals surface area contributed by atoms with E-state index in [0.717, 1.165) is 12.8 Å². The molecule has 1 aliphatic rings. The Hall–Kier alpha value is -2.54. The molecule has 1 nitrogen and oxygen atoms in total. The van der Waals surface area contributed by atoms with Crippen LogP contribution in [0, 0.1) is 0 Å². The summed E-state index contributed by atoms with van der Waals surface area (Å²) in [5, 5.41) is 5.47. The molecule has 1 heterocycles. The van der Waals surface area contributed by atoms with E-state index < -0.39 is 0 Å². The van der Waals surface area contributed by atoms with Crippen LogP contribution in [0.25, 0.3) is 38.7 Å². The van der Waals surface area contributed by atoms with Gasteiger partial charge in [-0.15, -0.1) is 0 Å². The van der Waals surface area contributed by atoms with Gasteiger partial charge in [-0.3, -0.25) is 0 Å². The highest BCUT2D eigenvalue weighted by atomic mass is 14.9. The Kier molecular flexibility index (Phi) is 2.32. The number of rotatable bonds is 0. The number of hydrogen-bond donors (Lipinski definition) is 0. The lowest BCUT2D eigenvalue weighted by molar-refractivity contribution is 0.982. The first-order valence-electron chi connectivity index (χ1n) is 7.92. The summed E-state index contributed by atoms with van der Waals surface area (Å²) in [4.78, 5) is 0. The third kappa shape index (κ3) is 1.48. The smallest absolute Gasteiger partial charge is 0.0495 e. The standard InChI is InChI=1S/C21H17N/c1-22-19-11-10-14-6-4-5-9-17(14)21(19)18-12-15-7-2-3-8-16(15)13-20(18)22/h3-6,8-13H,2,7H2,1H3. The molecule has 0 saturated carbocycles. The first-order chi connectivity index (χ1) is 10.8. The van der Waals surface area contributed by atoms with Crippen molar-refractivity contribution in [3.05, 3.63) is 65.7 Å². The summed E-state index contributed by atoms with van der Waals surface area (Å²) in [6.07, 6.45) is 6.87. The molecule has 5 rings (SSSR count). The Morgan fingerprint density at radius 3 is 2.77 bits per heavy atom. The molecule has 1 aliphatic carbocycles. The molecule has 106 valence electrons. The first kappa shape index (κ1) is 12.0. The summed E-state index contributed by atoms with van der Waals surface area (Å²) < 4.78 is 2.33. The zero-order chi connectivity index (χ0) is 14.7. The van der Waals surface area contributed by atoms with Crippen molar-refractivity contribution in [1.82, 2.24) is 4.57 Å². The van der Waals surface area contributed by atoms with Crippen molar-refractivity contribution in [1.29, 1.82) is 0 Å². The Balaban J connectivity index is 2.05. The molecule has 0 N–H and O–H groups in total. The zero-order valence-electron chi connectivity index (χ0n) is 12.6. The zero-order valence-corrected chi connectivity index (χ0v) is 12.6. The molecule has 0 amide bonds. The van der Waals surface area contributed by atoms with Gasteiger partial charge in [0.05, 0.1) is 0 Å². The summed E-state index contributed by atoms with van der Waals surface area (Å²) in [6.45, 7) is 0. The van der Waals surface area contributed by atoms with E-state index in [0.29, 0.717) is 0 Å². The number of aromatic nitrogens is 1. The maximum absolute atomic E-state index is 2.42. The minimum absolute atomic E-state index is 1.16. The molecule has 0 unspecified atom stereocenters. The first-order valence-corrected chi connectivity index (χ1v) is 7.92. The van der Waals surface area contributed by atoms with Crippen molar-refractivity contribution in [2.45, 2.75) is 12.8 Å². The van der Waals surface area contributed by atoms with Crippen LogP contribution >= 0.6 is 0 Å². The lowest BCUT2D eigenvalue weighted by Crippen LogP contribution is -1.94. The molecule has 0 fully saturated rings. The van der Waals surface area contributed by atoms with Gasteiger partial charge in [0.15, 0.2) is 0 Å². The third-order valence-corrected chi connectivity index (χ3v) is 5.03. The van der Waals surface area contributed by atoms with Crippen LogP contribution in [0.5, 0.6) is 0 Å². The molecule has 0 radical (unpaired) electrons. The van der Waals surface area contributed by atoms with E-state index in [-0.39, 0.29) is 0 Å². The van der Waals surface area contributed by atoms with Crippen molar-refractivity contribution < 1.29 is 0 Å². The molecular weight excluding hydrogens is 266 g/mol. The number of fused-ring (bicyclic) bond motifs is 6. The summed E-state index contributed by atoms with van der Waals surface area (Å²) in [6, 6.07) is 18.0. The van der Waals surface area contributed by atoms with E-state index in [1.165, 1.54) is 43.7 Å². The van der Waals surface area contributed by atoms with Crippen LogP contribution in [0.3, 0.4) is 0 Å². The molecule has 0 aliphatic heterocycles. The van der Waals surface area contributed by atoms with Gasteiger partial charge in [-0.1, -0.05) is 42.5 Å². The second-order valence-electron chi connectivity index (χ2n) is 6.25. The largest absolute Gasteiger partial charge is 0.344 e. The monoisotopic (exact) mass is 283 g/mol. The summed E-state index contributed by atoms with van der Waals surface area (Å²) in [5.41, 5.74) is 5.51. The van der Waals surface area contributed by atoms with Gasteiger partial charge in [-0.05, 0) is 52.9 Å². The fourth-order valence-electron chi connectivity index (χ4n) is 3.90. The van der Waals surface area contributed by atoms with Gasteiger partial charge in [0.25, 0.3) is 0 Å². The van der Waals surface area contributed by atoms with Crippen LogP contribution in [0.4, 0.5) is 0 Å².